The van der Waals surface area contributed by atoms with Crippen LogP contribution >= 0.6 is 0 Å². The van der Waals surface area contributed by atoms with E-state index in [-0.39, 0.29) is 29.8 Å². The van der Waals surface area contributed by atoms with Gasteiger partial charge in [-0.1, -0.05) is 53.4 Å². The summed E-state index contributed by atoms with van der Waals surface area (Å²) in [7, 11) is 0. The zero-order valence-electron chi connectivity index (χ0n) is 25.8. The van der Waals surface area contributed by atoms with Crippen LogP contribution in [0.5, 0.6) is 0 Å². The summed E-state index contributed by atoms with van der Waals surface area (Å²) in [5.41, 5.74) is 0. The van der Waals surface area contributed by atoms with Gasteiger partial charge in [0.2, 0.25) is 0 Å². The van der Waals surface area contributed by atoms with Crippen LogP contribution in [-0.2, 0) is 47.7 Å². The van der Waals surface area contributed by atoms with Crippen molar-refractivity contribution in [2.45, 2.75) is 121 Å². The van der Waals surface area contributed by atoms with Crippen LogP contribution in [0, 0.1) is 0 Å². The molecule has 0 heterocycles. The molecule has 0 aliphatic heterocycles. The fourth-order valence-electron chi connectivity index (χ4n) is 1.64. The summed E-state index contributed by atoms with van der Waals surface area (Å²) in [6.07, 6.45) is 8.19. The number of rotatable bonds is 13. The molecule has 0 aliphatic carbocycles. The maximum absolute atomic E-state index is 10.1. The summed E-state index contributed by atoms with van der Waals surface area (Å²) in [5.74, 6) is -0.939. The van der Waals surface area contributed by atoms with Gasteiger partial charge >= 0.3 is 29.8 Å². The molecule has 0 radical (unpaired) electrons. The Kier molecular flexibility index (Phi) is 49.4. The minimum absolute atomic E-state index is 0.182. The highest BCUT2D eigenvalue weighted by molar-refractivity contribution is 5.66. The molecule has 0 atom stereocenters. The lowest BCUT2D eigenvalue weighted by molar-refractivity contribution is -0.142. The van der Waals surface area contributed by atoms with Gasteiger partial charge in [-0.05, 0) is 32.6 Å². The lowest BCUT2D eigenvalue weighted by atomic mass is 10.4. The van der Waals surface area contributed by atoms with Crippen molar-refractivity contribution in [1.82, 2.24) is 0 Å². The van der Waals surface area contributed by atoms with Crippen molar-refractivity contribution in [3.8, 4) is 0 Å². The standard InChI is InChI=1S/4C6H12O2.C4H8O2/c4*1-3-4-5-8-6(2)7;1-3-6-4(2)5/h4*3-5H2,1-2H3;3H2,1-2H3. The number of hydrogen-bond acceptors (Lipinski definition) is 10. The number of esters is 5. The van der Waals surface area contributed by atoms with Gasteiger partial charge < -0.3 is 23.7 Å². The predicted octanol–water partition coefficient (Wildman–Crippen LogP) is 5.97. The van der Waals surface area contributed by atoms with Gasteiger partial charge in [0.15, 0.2) is 0 Å². The van der Waals surface area contributed by atoms with Gasteiger partial charge in [-0.3, -0.25) is 24.0 Å². The lowest BCUT2D eigenvalue weighted by Gasteiger charge is -1.96. The minimum atomic E-state index is -0.211. The summed E-state index contributed by atoms with van der Waals surface area (Å²) in [4.78, 5) is 50.2. The van der Waals surface area contributed by atoms with Crippen molar-refractivity contribution >= 4 is 29.8 Å². The molecule has 0 amide bonds. The summed E-state index contributed by atoms with van der Waals surface area (Å²) >= 11 is 0. The second-order valence-electron chi connectivity index (χ2n) is 7.70. The third-order valence-electron chi connectivity index (χ3n) is 3.56. The van der Waals surface area contributed by atoms with E-state index in [1.807, 2.05) is 0 Å². The molecule has 0 saturated carbocycles. The highest BCUT2D eigenvalue weighted by atomic mass is 16.5. The molecule has 10 heteroatoms. The normalized spacial score (nSPS) is 8.58. The van der Waals surface area contributed by atoms with Crippen molar-refractivity contribution in [2.24, 2.45) is 0 Å². The SMILES string of the molecule is CCCCOC(C)=O.CCCCOC(C)=O.CCCCOC(C)=O.CCCCOC(C)=O.CCOC(C)=O. The highest BCUT2D eigenvalue weighted by Gasteiger charge is 1.90. The van der Waals surface area contributed by atoms with Gasteiger partial charge in [0, 0.05) is 34.6 Å². The van der Waals surface area contributed by atoms with E-state index in [0.717, 1.165) is 51.4 Å². The van der Waals surface area contributed by atoms with E-state index in [4.69, 9.17) is 0 Å². The summed E-state index contributed by atoms with van der Waals surface area (Å²) in [6, 6.07) is 0. The summed E-state index contributed by atoms with van der Waals surface area (Å²) < 4.78 is 23.0. The number of carbonyl (C=O) groups is 5. The molecule has 228 valence electrons. The van der Waals surface area contributed by atoms with Crippen LogP contribution in [0.2, 0.25) is 0 Å². The minimum Gasteiger partial charge on any atom is -0.466 e. The third kappa shape index (κ3) is 84.3. The van der Waals surface area contributed by atoms with Crippen LogP contribution in [0.3, 0.4) is 0 Å². The van der Waals surface area contributed by atoms with Crippen LogP contribution in [0.4, 0.5) is 0 Å². The second-order valence-corrected chi connectivity index (χ2v) is 7.70. The third-order valence-corrected chi connectivity index (χ3v) is 3.56. The fraction of sp³-hybridized carbons (Fsp3) is 0.821. The topological polar surface area (TPSA) is 132 Å². The maximum Gasteiger partial charge on any atom is 0.302 e. The second kappa shape index (κ2) is 41.5. The van der Waals surface area contributed by atoms with E-state index in [1.54, 1.807) is 6.92 Å². The predicted molar refractivity (Wildman–Crippen MR) is 148 cm³/mol. The lowest BCUT2D eigenvalue weighted by Crippen LogP contribution is -1.99. The van der Waals surface area contributed by atoms with E-state index in [9.17, 15) is 24.0 Å². The molecule has 38 heavy (non-hydrogen) atoms. The molecule has 0 N–H and O–H groups in total. The number of carbonyl (C=O) groups excluding carboxylic acids is 5. The van der Waals surface area contributed by atoms with Crippen LogP contribution in [0.1, 0.15) is 121 Å². The van der Waals surface area contributed by atoms with Gasteiger partial charge in [0.1, 0.15) is 0 Å². The van der Waals surface area contributed by atoms with Crippen molar-refractivity contribution in [3.63, 3.8) is 0 Å². The van der Waals surface area contributed by atoms with Crippen molar-refractivity contribution in [1.29, 1.82) is 0 Å². The molecule has 0 aromatic carbocycles. The van der Waals surface area contributed by atoms with Gasteiger partial charge in [0.05, 0.1) is 33.0 Å². The Labute approximate surface area is 231 Å². The molecule has 0 saturated heterocycles. The smallest absolute Gasteiger partial charge is 0.302 e. The molecular weight excluding hydrogens is 496 g/mol. The van der Waals surface area contributed by atoms with E-state index < -0.39 is 0 Å². The fourth-order valence-corrected chi connectivity index (χ4v) is 1.64. The Bertz CT molecular complexity index is 468. The first kappa shape index (κ1) is 45.3. The Balaban J connectivity index is -0.000000120. The average molecular weight is 553 g/mol. The van der Waals surface area contributed by atoms with Gasteiger partial charge in [-0.25, -0.2) is 0 Å². The van der Waals surface area contributed by atoms with E-state index in [2.05, 4.69) is 51.4 Å². The monoisotopic (exact) mass is 552 g/mol. The molecule has 0 fully saturated rings. The first-order valence-corrected chi connectivity index (χ1v) is 13.5. The first-order valence-electron chi connectivity index (χ1n) is 13.5. The molecule has 0 unspecified atom stereocenters. The van der Waals surface area contributed by atoms with E-state index in [0.29, 0.717) is 33.0 Å². The number of ether oxygens (including phenoxy) is 5. The Morgan fingerprint density at radius 3 is 0.632 bits per heavy atom. The zero-order chi connectivity index (χ0) is 30.6. The van der Waals surface area contributed by atoms with Crippen LogP contribution in [0.25, 0.3) is 0 Å². The first-order chi connectivity index (χ1) is 17.9. The molecule has 0 aromatic rings. The number of unbranched alkanes of at least 4 members (excludes halogenated alkanes) is 4. The van der Waals surface area contributed by atoms with Crippen LogP contribution in [0.15, 0.2) is 0 Å². The van der Waals surface area contributed by atoms with E-state index >= 15 is 0 Å². The molecule has 0 bridgehead atoms. The molecule has 0 aromatic heterocycles. The average Bonchev–Trinajstić information content (AvgIpc) is 2.81. The van der Waals surface area contributed by atoms with Crippen molar-refractivity contribution in [3.05, 3.63) is 0 Å². The maximum atomic E-state index is 10.1. The van der Waals surface area contributed by atoms with Crippen LogP contribution in [-0.4, -0.2) is 62.9 Å². The Morgan fingerprint density at radius 1 is 0.368 bits per heavy atom. The van der Waals surface area contributed by atoms with E-state index in [1.165, 1.54) is 34.6 Å². The van der Waals surface area contributed by atoms with Gasteiger partial charge in [-0.15, -0.1) is 0 Å². The highest BCUT2D eigenvalue weighted by Crippen LogP contribution is 1.88. The van der Waals surface area contributed by atoms with Crippen molar-refractivity contribution < 1.29 is 47.7 Å². The Hall–Kier alpha value is -2.65. The Morgan fingerprint density at radius 2 is 0.553 bits per heavy atom. The largest absolute Gasteiger partial charge is 0.466 e. The molecule has 10 nitrogen and oxygen atoms in total. The molecule has 0 aliphatic rings. The van der Waals surface area contributed by atoms with Crippen molar-refractivity contribution in [2.75, 3.05) is 33.0 Å². The molecule has 0 rings (SSSR count). The van der Waals surface area contributed by atoms with Crippen LogP contribution < -0.4 is 0 Å². The summed E-state index contributed by atoms with van der Waals surface area (Å²) in [5, 5.41) is 0. The zero-order valence-corrected chi connectivity index (χ0v) is 25.8. The number of hydrogen-bond donors (Lipinski definition) is 0. The quantitative estimate of drug-likeness (QED) is 0.153. The summed E-state index contributed by atoms with van der Waals surface area (Å²) in [6.45, 7) is 19.9. The van der Waals surface area contributed by atoms with Gasteiger partial charge in [-0.2, -0.15) is 0 Å². The molecule has 0 spiro atoms. The molecular formula is C28H56O10. The van der Waals surface area contributed by atoms with Gasteiger partial charge in [0.25, 0.3) is 0 Å².